The van der Waals surface area contributed by atoms with Crippen molar-refractivity contribution in [1.82, 2.24) is 19.5 Å². The van der Waals surface area contributed by atoms with E-state index in [9.17, 15) is 5.11 Å². The SMILES string of the molecule is COC[C@H]1O[C@@H](n2cnc3c(N)ncnc32)[C@@H](O)[C@@H]1OC. The van der Waals surface area contributed by atoms with E-state index >= 15 is 0 Å². The predicted octanol–water partition coefficient (Wildman–Crippen LogP) is -0.672. The molecular formula is C12H17N5O4. The van der Waals surface area contributed by atoms with E-state index in [1.807, 2.05) is 0 Å². The van der Waals surface area contributed by atoms with Crippen molar-refractivity contribution in [2.45, 2.75) is 24.5 Å². The molecule has 3 N–H and O–H groups in total. The third-order valence-corrected chi connectivity index (χ3v) is 3.57. The van der Waals surface area contributed by atoms with E-state index in [0.29, 0.717) is 17.8 Å². The molecule has 0 unspecified atom stereocenters. The molecule has 1 aliphatic heterocycles. The Bertz CT molecular complexity index is 633. The Morgan fingerprint density at radius 3 is 2.90 bits per heavy atom. The van der Waals surface area contributed by atoms with Gasteiger partial charge in [-0.05, 0) is 0 Å². The Labute approximate surface area is 120 Å². The summed E-state index contributed by atoms with van der Waals surface area (Å²) in [7, 11) is 3.09. The Morgan fingerprint density at radius 1 is 1.38 bits per heavy atom. The number of anilines is 1. The van der Waals surface area contributed by atoms with Crippen LogP contribution in [-0.2, 0) is 14.2 Å². The lowest BCUT2D eigenvalue weighted by Crippen LogP contribution is -2.35. The summed E-state index contributed by atoms with van der Waals surface area (Å²) < 4.78 is 17.9. The fraction of sp³-hybridized carbons (Fsp3) is 0.583. The van der Waals surface area contributed by atoms with E-state index in [1.54, 1.807) is 11.7 Å². The molecule has 2 aromatic rings. The van der Waals surface area contributed by atoms with Gasteiger partial charge in [0.25, 0.3) is 0 Å². The monoisotopic (exact) mass is 295 g/mol. The largest absolute Gasteiger partial charge is 0.386 e. The smallest absolute Gasteiger partial charge is 0.167 e. The Balaban J connectivity index is 1.97. The molecule has 1 fully saturated rings. The molecule has 21 heavy (non-hydrogen) atoms. The molecule has 0 amide bonds. The van der Waals surface area contributed by atoms with Crippen molar-refractivity contribution in [3.05, 3.63) is 12.7 Å². The van der Waals surface area contributed by atoms with Gasteiger partial charge in [0, 0.05) is 14.2 Å². The second-order valence-corrected chi connectivity index (χ2v) is 4.79. The zero-order chi connectivity index (χ0) is 15.0. The first-order valence-corrected chi connectivity index (χ1v) is 6.45. The maximum Gasteiger partial charge on any atom is 0.167 e. The first kappa shape index (κ1) is 14.1. The van der Waals surface area contributed by atoms with E-state index in [1.165, 1.54) is 19.8 Å². The number of fused-ring (bicyclic) bond motifs is 1. The maximum atomic E-state index is 10.4. The highest BCUT2D eigenvalue weighted by atomic mass is 16.6. The highest BCUT2D eigenvalue weighted by Gasteiger charge is 2.45. The summed E-state index contributed by atoms with van der Waals surface area (Å²) in [6, 6.07) is 0. The lowest BCUT2D eigenvalue weighted by Gasteiger charge is -2.18. The van der Waals surface area contributed by atoms with Crippen LogP contribution in [0.15, 0.2) is 12.7 Å². The van der Waals surface area contributed by atoms with E-state index < -0.39 is 18.4 Å². The van der Waals surface area contributed by atoms with Crippen LogP contribution >= 0.6 is 0 Å². The molecule has 0 aromatic carbocycles. The number of nitrogens with zero attached hydrogens (tertiary/aromatic N) is 4. The second kappa shape index (κ2) is 5.53. The van der Waals surface area contributed by atoms with Gasteiger partial charge in [0.05, 0.1) is 12.9 Å². The van der Waals surface area contributed by atoms with Crippen molar-refractivity contribution in [3.63, 3.8) is 0 Å². The quantitative estimate of drug-likeness (QED) is 0.762. The summed E-state index contributed by atoms with van der Waals surface area (Å²) in [4.78, 5) is 12.2. The van der Waals surface area contributed by atoms with Crippen LogP contribution in [0.1, 0.15) is 6.23 Å². The molecule has 3 rings (SSSR count). The van der Waals surface area contributed by atoms with Gasteiger partial charge in [-0.25, -0.2) is 15.0 Å². The summed E-state index contributed by atoms with van der Waals surface area (Å²) in [5.41, 5.74) is 6.73. The maximum absolute atomic E-state index is 10.4. The summed E-state index contributed by atoms with van der Waals surface area (Å²) in [6.45, 7) is 0.315. The third-order valence-electron chi connectivity index (χ3n) is 3.57. The zero-order valence-corrected chi connectivity index (χ0v) is 11.7. The van der Waals surface area contributed by atoms with Crippen LogP contribution in [0.3, 0.4) is 0 Å². The van der Waals surface area contributed by atoms with Crippen LogP contribution in [0.5, 0.6) is 0 Å². The highest BCUT2D eigenvalue weighted by Crippen LogP contribution is 2.33. The molecular weight excluding hydrogens is 278 g/mol. The molecule has 4 atom stereocenters. The number of nitrogens with two attached hydrogens (primary N) is 1. The van der Waals surface area contributed by atoms with Crippen LogP contribution in [0, 0.1) is 0 Å². The first-order chi connectivity index (χ1) is 10.2. The number of nitrogen functional groups attached to an aromatic ring is 1. The number of hydrogen-bond donors (Lipinski definition) is 2. The van der Waals surface area contributed by atoms with Crippen LogP contribution in [0.2, 0.25) is 0 Å². The summed E-state index contributed by atoms with van der Waals surface area (Å²) >= 11 is 0. The van der Waals surface area contributed by atoms with Crippen molar-refractivity contribution >= 4 is 17.0 Å². The molecule has 1 aliphatic rings. The standard InChI is InChI=1S/C12H17N5O4/c1-19-3-6-9(20-2)8(18)12(21-6)17-5-16-7-10(13)14-4-15-11(7)17/h4-6,8-9,12,18H,3H2,1-2H3,(H2,13,14,15)/t6-,8+,9-,12-/m1/s1. The molecule has 0 bridgehead atoms. The minimum absolute atomic E-state index is 0.281. The van der Waals surface area contributed by atoms with Gasteiger partial charge in [0.1, 0.15) is 30.2 Å². The van der Waals surface area contributed by atoms with Gasteiger partial charge in [0.15, 0.2) is 17.7 Å². The first-order valence-electron chi connectivity index (χ1n) is 6.45. The minimum atomic E-state index is -0.872. The van der Waals surface area contributed by atoms with E-state index in [0.717, 1.165) is 0 Å². The van der Waals surface area contributed by atoms with Gasteiger partial charge in [-0.2, -0.15) is 0 Å². The van der Waals surface area contributed by atoms with E-state index in [4.69, 9.17) is 19.9 Å². The van der Waals surface area contributed by atoms with Crippen molar-refractivity contribution in [3.8, 4) is 0 Å². The summed E-state index contributed by atoms with van der Waals surface area (Å²) in [5.74, 6) is 0.281. The van der Waals surface area contributed by atoms with Crippen LogP contribution in [0.25, 0.3) is 11.2 Å². The second-order valence-electron chi connectivity index (χ2n) is 4.79. The number of ether oxygens (including phenoxy) is 3. The van der Waals surface area contributed by atoms with Gasteiger partial charge >= 0.3 is 0 Å². The fourth-order valence-corrected chi connectivity index (χ4v) is 2.60. The number of imidazole rings is 1. The van der Waals surface area contributed by atoms with Crippen molar-refractivity contribution in [2.24, 2.45) is 0 Å². The van der Waals surface area contributed by atoms with E-state index in [2.05, 4.69) is 15.0 Å². The van der Waals surface area contributed by atoms with Crippen molar-refractivity contribution in [1.29, 1.82) is 0 Å². The minimum Gasteiger partial charge on any atom is -0.386 e. The molecule has 0 radical (unpaired) electrons. The van der Waals surface area contributed by atoms with Gasteiger partial charge in [-0.15, -0.1) is 0 Å². The summed E-state index contributed by atoms with van der Waals surface area (Å²) in [5, 5.41) is 10.4. The third kappa shape index (κ3) is 2.23. The Kier molecular flexibility index (Phi) is 3.72. The molecule has 9 nitrogen and oxygen atoms in total. The molecule has 2 aromatic heterocycles. The average Bonchev–Trinajstić information content (AvgIpc) is 3.02. The fourth-order valence-electron chi connectivity index (χ4n) is 2.60. The van der Waals surface area contributed by atoms with Gasteiger partial charge in [-0.3, -0.25) is 4.57 Å². The lowest BCUT2D eigenvalue weighted by atomic mass is 10.1. The number of methoxy groups -OCH3 is 2. The zero-order valence-electron chi connectivity index (χ0n) is 11.7. The van der Waals surface area contributed by atoms with Gasteiger partial charge in [-0.1, -0.05) is 0 Å². The molecule has 114 valence electrons. The Hall–Kier alpha value is -1.81. The molecule has 3 heterocycles. The van der Waals surface area contributed by atoms with Gasteiger partial charge in [0.2, 0.25) is 0 Å². The summed E-state index contributed by atoms with van der Waals surface area (Å²) in [6.07, 6.45) is 0.449. The van der Waals surface area contributed by atoms with Crippen LogP contribution in [-0.4, -0.2) is 63.8 Å². The molecule has 1 saturated heterocycles. The van der Waals surface area contributed by atoms with Crippen LogP contribution < -0.4 is 5.73 Å². The van der Waals surface area contributed by atoms with Gasteiger partial charge < -0.3 is 25.1 Å². The predicted molar refractivity (Wildman–Crippen MR) is 72.3 cm³/mol. The molecule has 0 saturated carbocycles. The number of rotatable bonds is 4. The highest BCUT2D eigenvalue weighted by molar-refractivity contribution is 5.81. The van der Waals surface area contributed by atoms with Crippen molar-refractivity contribution < 1.29 is 19.3 Å². The topological polar surface area (TPSA) is 118 Å². The van der Waals surface area contributed by atoms with Crippen LogP contribution in [0.4, 0.5) is 5.82 Å². The van der Waals surface area contributed by atoms with Crippen molar-refractivity contribution in [2.75, 3.05) is 26.6 Å². The molecule has 9 heteroatoms. The average molecular weight is 295 g/mol. The lowest BCUT2D eigenvalue weighted by molar-refractivity contribution is -0.0612. The normalized spacial score (nSPS) is 29.3. The number of aliphatic hydroxyl groups excluding tert-OH is 1. The molecule has 0 aliphatic carbocycles. The number of aliphatic hydroxyl groups is 1. The number of aromatic nitrogens is 4. The number of hydrogen-bond acceptors (Lipinski definition) is 8. The molecule has 0 spiro atoms. The van der Waals surface area contributed by atoms with E-state index in [-0.39, 0.29) is 11.9 Å². The Morgan fingerprint density at radius 2 is 2.19 bits per heavy atom.